The van der Waals surface area contributed by atoms with E-state index in [1.807, 2.05) is 24.3 Å². The van der Waals surface area contributed by atoms with Crippen molar-refractivity contribution in [2.45, 2.75) is 0 Å². The number of aromatic nitrogens is 3. The van der Waals surface area contributed by atoms with E-state index in [0.29, 0.717) is 16.4 Å². The molecular weight excluding hydrogens is 391 g/mol. The predicted molar refractivity (Wildman–Crippen MR) is 85.1 cm³/mol. The van der Waals surface area contributed by atoms with Gasteiger partial charge in [-0.2, -0.15) is 5.10 Å². The monoisotopic (exact) mass is 398 g/mol. The maximum absolute atomic E-state index is 12.3. The SMILES string of the molecule is O=C(Nc1ccccc1I)c1cnn2ccc(Cl)nc12. The molecule has 1 amide bonds. The average Bonchev–Trinajstić information content (AvgIpc) is 2.84. The lowest BCUT2D eigenvalue weighted by molar-refractivity contribution is 0.102. The number of para-hydroxylation sites is 1. The lowest BCUT2D eigenvalue weighted by Crippen LogP contribution is -2.12. The van der Waals surface area contributed by atoms with Crippen LogP contribution in [0.2, 0.25) is 5.15 Å². The lowest BCUT2D eigenvalue weighted by atomic mass is 10.2. The number of carbonyl (C=O) groups is 1. The number of nitrogens with one attached hydrogen (secondary N) is 1. The van der Waals surface area contributed by atoms with E-state index in [9.17, 15) is 4.79 Å². The van der Waals surface area contributed by atoms with E-state index in [0.717, 1.165) is 9.26 Å². The Bertz CT molecular complexity index is 802. The van der Waals surface area contributed by atoms with E-state index < -0.39 is 0 Å². The molecule has 0 aliphatic heterocycles. The zero-order valence-corrected chi connectivity index (χ0v) is 13.0. The molecule has 2 aromatic heterocycles. The van der Waals surface area contributed by atoms with E-state index in [-0.39, 0.29) is 5.91 Å². The molecule has 7 heteroatoms. The van der Waals surface area contributed by atoms with Crippen LogP contribution in [0.15, 0.2) is 42.7 Å². The average molecular weight is 399 g/mol. The molecule has 0 bridgehead atoms. The number of anilines is 1. The highest BCUT2D eigenvalue weighted by atomic mass is 127. The van der Waals surface area contributed by atoms with Crippen molar-refractivity contribution in [1.29, 1.82) is 0 Å². The van der Waals surface area contributed by atoms with Gasteiger partial charge < -0.3 is 5.32 Å². The first kappa shape index (κ1) is 13.3. The van der Waals surface area contributed by atoms with Gasteiger partial charge in [-0.15, -0.1) is 0 Å². The number of halogens is 2. The Morgan fingerprint density at radius 2 is 2.10 bits per heavy atom. The number of carbonyl (C=O) groups excluding carboxylic acids is 1. The quantitative estimate of drug-likeness (QED) is 0.532. The molecule has 20 heavy (non-hydrogen) atoms. The van der Waals surface area contributed by atoms with E-state index in [4.69, 9.17) is 11.6 Å². The second kappa shape index (κ2) is 5.37. The van der Waals surface area contributed by atoms with Gasteiger partial charge in [-0.3, -0.25) is 4.79 Å². The summed E-state index contributed by atoms with van der Waals surface area (Å²) in [6.45, 7) is 0. The molecule has 0 atom stereocenters. The second-order valence-corrected chi connectivity index (χ2v) is 5.56. The molecule has 0 fully saturated rings. The number of rotatable bonds is 2. The Balaban J connectivity index is 1.97. The number of hydrogen-bond donors (Lipinski definition) is 1. The third-order valence-electron chi connectivity index (χ3n) is 2.70. The first-order chi connectivity index (χ1) is 9.65. The molecule has 1 N–H and O–H groups in total. The molecule has 0 aliphatic rings. The minimum atomic E-state index is -0.265. The van der Waals surface area contributed by atoms with Crippen molar-refractivity contribution in [3.63, 3.8) is 0 Å². The highest BCUT2D eigenvalue weighted by Gasteiger charge is 2.15. The molecule has 0 saturated carbocycles. The number of fused-ring (bicyclic) bond motifs is 1. The fraction of sp³-hybridized carbons (Fsp3) is 0. The van der Waals surface area contributed by atoms with Crippen LogP contribution in [-0.4, -0.2) is 20.5 Å². The molecular formula is C13H8ClIN4O. The summed E-state index contributed by atoms with van der Waals surface area (Å²) >= 11 is 8.02. The maximum Gasteiger partial charge on any atom is 0.261 e. The van der Waals surface area contributed by atoms with Gasteiger partial charge in [0.05, 0.1) is 11.9 Å². The van der Waals surface area contributed by atoms with Crippen LogP contribution in [0.3, 0.4) is 0 Å². The first-order valence-electron chi connectivity index (χ1n) is 5.71. The summed E-state index contributed by atoms with van der Waals surface area (Å²) in [5, 5.41) is 7.24. The Morgan fingerprint density at radius 3 is 2.90 bits per heavy atom. The fourth-order valence-electron chi connectivity index (χ4n) is 1.76. The summed E-state index contributed by atoms with van der Waals surface area (Å²) in [5.41, 5.74) is 1.56. The summed E-state index contributed by atoms with van der Waals surface area (Å²) in [7, 11) is 0. The van der Waals surface area contributed by atoms with Crippen LogP contribution in [0.1, 0.15) is 10.4 Å². The summed E-state index contributed by atoms with van der Waals surface area (Å²) in [6, 6.07) is 9.15. The normalized spacial score (nSPS) is 10.7. The number of nitrogens with zero attached hydrogens (tertiary/aromatic N) is 3. The van der Waals surface area contributed by atoms with Gasteiger partial charge >= 0.3 is 0 Å². The zero-order valence-electron chi connectivity index (χ0n) is 10.0. The Hall–Kier alpha value is -1.67. The maximum atomic E-state index is 12.3. The molecule has 3 aromatic rings. The van der Waals surface area contributed by atoms with Crippen molar-refractivity contribution in [2.24, 2.45) is 0 Å². The van der Waals surface area contributed by atoms with Gasteiger partial charge in [0.25, 0.3) is 5.91 Å². The van der Waals surface area contributed by atoms with Crippen molar-refractivity contribution >= 4 is 51.4 Å². The molecule has 0 aliphatic carbocycles. The molecule has 0 radical (unpaired) electrons. The number of benzene rings is 1. The highest BCUT2D eigenvalue weighted by molar-refractivity contribution is 14.1. The largest absolute Gasteiger partial charge is 0.321 e. The molecule has 1 aromatic carbocycles. The zero-order chi connectivity index (χ0) is 14.1. The molecule has 2 heterocycles. The molecule has 3 rings (SSSR count). The Labute approximate surface area is 133 Å². The summed E-state index contributed by atoms with van der Waals surface area (Å²) < 4.78 is 2.47. The lowest BCUT2D eigenvalue weighted by Gasteiger charge is -2.05. The van der Waals surface area contributed by atoms with E-state index in [1.54, 1.807) is 12.3 Å². The van der Waals surface area contributed by atoms with Crippen LogP contribution in [-0.2, 0) is 0 Å². The van der Waals surface area contributed by atoms with Crippen LogP contribution in [0.25, 0.3) is 5.65 Å². The smallest absolute Gasteiger partial charge is 0.261 e. The van der Waals surface area contributed by atoms with Gasteiger partial charge in [0.2, 0.25) is 0 Å². The van der Waals surface area contributed by atoms with Gasteiger partial charge in [0.1, 0.15) is 10.7 Å². The van der Waals surface area contributed by atoms with Gasteiger partial charge in [-0.25, -0.2) is 9.50 Å². The summed E-state index contributed by atoms with van der Waals surface area (Å²) in [5.74, 6) is -0.265. The molecule has 5 nitrogen and oxygen atoms in total. The van der Waals surface area contributed by atoms with Crippen molar-refractivity contribution < 1.29 is 4.79 Å². The molecule has 0 spiro atoms. The van der Waals surface area contributed by atoms with Crippen LogP contribution >= 0.6 is 34.2 Å². The molecule has 100 valence electrons. The third-order valence-corrected chi connectivity index (χ3v) is 3.85. The van der Waals surface area contributed by atoms with Crippen LogP contribution in [0.4, 0.5) is 5.69 Å². The van der Waals surface area contributed by atoms with Crippen LogP contribution < -0.4 is 5.32 Å². The summed E-state index contributed by atoms with van der Waals surface area (Å²) in [4.78, 5) is 16.4. The van der Waals surface area contributed by atoms with Crippen LogP contribution in [0, 0.1) is 3.57 Å². The van der Waals surface area contributed by atoms with Gasteiger partial charge in [0, 0.05) is 9.77 Å². The highest BCUT2D eigenvalue weighted by Crippen LogP contribution is 2.19. The van der Waals surface area contributed by atoms with E-state index in [1.165, 1.54) is 10.7 Å². The Morgan fingerprint density at radius 1 is 1.30 bits per heavy atom. The predicted octanol–water partition coefficient (Wildman–Crippen LogP) is 3.24. The first-order valence-corrected chi connectivity index (χ1v) is 7.16. The van der Waals surface area contributed by atoms with Crippen LogP contribution in [0.5, 0.6) is 0 Å². The van der Waals surface area contributed by atoms with E-state index in [2.05, 4.69) is 38.0 Å². The fourth-order valence-corrected chi connectivity index (χ4v) is 2.42. The topological polar surface area (TPSA) is 59.3 Å². The van der Waals surface area contributed by atoms with Crippen molar-refractivity contribution in [2.75, 3.05) is 5.32 Å². The Kier molecular flexibility index (Phi) is 3.58. The van der Waals surface area contributed by atoms with Crippen molar-refractivity contribution in [3.8, 4) is 0 Å². The minimum Gasteiger partial charge on any atom is -0.321 e. The second-order valence-electron chi connectivity index (χ2n) is 4.01. The molecule has 0 unspecified atom stereocenters. The van der Waals surface area contributed by atoms with Gasteiger partial charge in [0.15, 0.2) is 5.65 Å². The minimum absolute atomic E-state index is 0.265. The number of hydrogen-bond acceptors (Lipinski definition) is 3. The van der Waals surface area contributed by atoms with Crippen molar-refractivity contribution in [1.82, 2.24) is 14.6 Å². The number of amides is 1. The standard InChI is InChI=1S/C13H8ClIN4O/c14-11-5-6-19-12(18-11)8(7-16-19)13(20)17-10-4-2-1-3-9(10)15/h1-7H,(H,17,20). The van der Waals surface area contributed by atoms with Gasteiger partial charge in [-0.1, -0.05) is 23.7 Å². The van der Waals surface area contributed by atoms with Crippen molar-refractivity contribution in [3.05, 3.63) is 57.0 Å². The van der Waals surface area contributed by atoms with E-state index >= 15 is 0 Å². The summed E-state index contributed by atoms with van der Waals surface area (Å²) in [6.07, 6.45) is 3.14. The molecule has 0 saturated heterocycles. The van der Waals surface area contributed by atoms with Gasteiger partial charge in [-0.05, 0) is 40.8 Å². The third kappa shape index (κ3) is 2.48.